The molecule has 3 nitrogen and oxygen atoms in total. The Morgan fingerprint density at radius 1 is 1.15 bits per heavy atom. The molecule has 1 rings (SSSR count). The summed E-state index contributed by atoms with van der Waals surface area (Å²) in [5.41, 5.74) is 0. The number of alkyl halides is 1. The third kappa shape index (κ3) is 3.44. The zero-order valence-corrected chi connectivity index (χ0v) is 9.28. The third-order valence-corrected chi connectivity index (χ3v) is 4.47. The average molecular weight is 226 g/mol. The molecular formula is C8H16ClNO2S. The van der Waals surface area contributed by atoms with Crippen LogP contribution in [0.5, 0.6) is 0 Å². The van der Waals surface area contributed by atoms with Gasteiger partial charge >= 0.3 is 0 Å². The molecular weight excluding hydrogens is 210 g/mol. The summed E-state index contributed by atoms with van der Waals surface area (Å²) in [4.78, 5) is 0. The Morgan fingerprint density at radius 2 is 1.77 bits per heavy atom. The molecule has 1 saturated heterocycles. The van der Waals surface area contributed by atoms with E-state index in [4.69, 9.17) is 11.6 Å². The second-order valence-electron chi connectivity index (χ2n) is 3.32. The summed E-state index contributed by atoms with van der Waals surface area (Å²) in [7, 11) is -2.96. The Kier molecular flexibility index (Phi) is 4.49. The Hall–Kier alpha value is 0.200. The maximum Gasteiger partial charge on any atom is 0.214 e. The van der Waals surface area contributed by atoms with E-state index < -0.39 is 10.0 Å². The van der Waals surface area contributed by atoms with Crippen LogP contribution in [0.2, 0.25) is 0 Å². The number of sulfonamides is 1. The molecule has 1 aliphatic rings. The van der Waals surface area contributed by atoms with Gasteiger partial charge in [-0.2, -0.15) is 0 Å². The van der Waals surface area contributed by atoms with Gasteiger partial charge in [-0.15, -0.1) is 11.6 Å². The lowest BCUT2D eigenvalue weighted by Crippen LogP contribution is -2.30. The lowest BCUT2D eigenvalue weighted by Gasteiger charge is -2.14. The van der Waals surface area contributed by atoms with Crippen LogP contribution in [-0.4, -0.2) is 37.4 Å². The maximum absolute atomic E-state index is 11.6. The van der Waals surface area contributed by atoms with Crippen molar-refractivity contribution >= 4 is 21.6 Å². The molecule has 0 aromatic heterocycles. The molecule has 13 heavy (non-hydrogen) atoms. The van der Waals surface area contributed by atoms with Crippen LogP contribution in [0, 0.1) is 0 Å². The molecule has 0 aliphatic carbocycles. The molecule has 0 N–H and O–H groups in total. The highest BCUT2D eigenvalue weighted by Gasteiger charge is 2.24. The first-order valence-electron chi connectivity index (χ1n) is 4.70. The molecule has 0 bridgehead atoms. The Bertz CT molecular complexity index is 235. The van der Waals surface area contributed by atoms with Crippen LogP contribution >= 0.6 is 11.6 Å². The van der Waals surface area contributed by atoms with E-state index in [0.717, 1.165) is 19.3 Å². The van der Waals surface area contributed by atoms with Crippen molar-refractivity contribution in [2.75, 3.05) is 24.7 Å². The SMILES string of the molecule is O=S(=O)(CCCCCl)N1CCCC1. The van der Waals surface area contributed by atoms with Crippen molar-refractivity contribution in [3.8, 4) is 0 Å². The predicted molar refractivity (Wildman–Crippen MR) is 54.5 cm³/mol. The maximum atomic E-state index is 11.6. The summed E-state index contributed by atoms with van der Waals surface area (Å²) >= 11 is 5.48. The van der Waals surface area contributed by atoms with Gasteiger partial charge in [-0.3, -0.25) is 0 Å². The number of halogens is 1. The molecule has 0 saturated carbocycles. The standard InChI is InChI=1S/C8H16ClNO2S/c9-5-1-4-8-13(11,12)10-6-2-3-7-10/h1-8H2. The van der Waals surface area contributed by atoms with Crippen LogP contribution in [0.4, 0.5) is 0 Å². The fraction of sp³-hybridized carbons (Fsp3) is 1.00. The first-order chi connectivity index (χ1) is 6.17. The van der Waals surface area contributed by atoms with Gasteiger partial charge in [-0.05, 0) is 25.7 Å². The highest BCUT2D eigenvalue weighted by molar-refractivity contribution is 7.89. The van der Waals surface area contributed by atoms with E-state index in [1.807, 2.05) is 0 Å². The molecule has 0 amide bonds. The van der Waals surface area contributed by atoms with Gasteiger partial charge in [0.05, 0.1) is 5.75 Å². The molecule has 0 atom stereocenters. The average Bonchev–Trinajstić information content (AvgIpc) is 2.56. The van der Waals surface area contributed by atoms with Gasteiger partial charge in [-0.25, -0.2) is 12.7 Å². The third-order valence-electron chi connectivity index (χ3n) is 2.24. The summed E-state index contributed by atoms with van der Waals surface area (Å²) in [6, 6.07) is 0. The molecule has 0 aromatic rings. The summed E-state index contributed by atoms with van der Waals surface area (Å²) in [5, 5.41) is 0. The molecule has 0 spiro atoms. The van der Waals surface area contributed by atoms with Crippen molar-refractivity contribution in [1.82, 2.24) is 4.31 Å². The number of nitrogens with zero attached hydrogens (tertiary/aromatic N) is 1. The van der Waals surface area contributed by atoms with Crippen molar-refractivity contribution in [2.45, 2.75) is 25.7 Å². The van der Waals surface area contributed by atoms with Crippen LogP contribution < -0.4 is 0 Å². The van der Waals surface area contributed by atoms with Gasteiger partial charge in [0.25, 0.3) is 0 Å². The van der Waals surface area contributed by atoms with Crippen LogP contribution in [0.25, 0.3) is 0 Å². The van der Waals surface area contributed by atoms with Crippen LogP contribution in [0.1, 0.15) is 25.7 Å². The fourth-order valence-corrected chi connectivity index (χ4v) is 3.30. The van der Waals surface area contributed by atoms with Gasteiger partial charge in [-0.1, -0.05) is 0 Å². The molecule has 1 aliphatic heterocycles. The van der Waals surface area contributed by atoms with E-state index in [0.29, 0.717) is 25.4 Å². The van der Waals surface area contributed by atoms with Crippen LogP contribution in [0.15, 0.2) is 0 Å². The van der Waals surface area contributed by atoms with Gasteiger partial charge < -0.3 is 0 Å². The Balaban J connectivity index is 2.36. The van der Waals surface area contributed by atoms with Crippen molar-refractivity contribution in [1.29, 1.82) is 0 Å². The van der Waals surface area contributed by atoms with Gasteiger partial charge in [0, 0.05) is 19.0 Å². The molecule has 0 radical (unpaired) electrons. The van der Waals surface area contributed by atoms with E-state index >= 15 is 0 Å². The summed E-state index contributed by atoms with van der Waals surface area (Å²) < 4.78 is 24.8. The molecule has 0 aromatic carbocycles. The highest BCUT2D eigenvalue weighted by atomic mass is 35.5. The quantitative estimate of drug-likeness (QED) is 0.525. The van der Waals surface area contributed by atoms with Gasteiger partial charge in [0.2, 0.25) is 10.0 Å². The normalized spacial score (nSPS) is 19.5. The Labute approximate surface area is 85.1 Å². The molecule has 5 heteroatoms. The van der Waals surface area contributed by atoms with Crippen LogP contribution in [-0.2, 0) is 10.0 Å². The number of hydrogen-bond donors (Lipinski definition) is 0. The predicted octanol–water partition coefficient (Wildman–Crippen LogP) is 1.43. The van der Waals surface area contributed by atoms with Gasteiger partial charge in [0.15, 0.2) is 0 Å². The zero-order chi connectivity index (χ0) is 9.73. The molecule has 78 valence electrons. The summed E-state index contributed by atoms with van der Waals surface area (Å²) in [5.74, 6) is 0.815. The minimum absolute atomic E-state index is 0.264. The van der Waals surface area contributed by atoms with Crippen LogP contribution in [0.3, 0.4) is 0 Å². The lowest BCUT2D eigenvalue weighted by atomic mass is 10.4. The summed E-state index contributed by atoms with van der Waals surface area (Å²) in [6.45, 7) is 1.42. The molecule has 1 heterocycles. The van der Waals surface area contributed by atoms with Crippen molar-refractivity contribution in [2.24, 2.45) is 0 Å². The van der Waals surface area contributed by atoms with E-state index in [1.54, 1.807) is 4.31 Å². The van der Waals surface area contributed by atoms with Crippen molar-refractivity contribution in [3.63, 3.8) is 0 Å². The lowest BCUT2D eigenvalue weighted by molar-refractivity contribution is 0.475. The largest absolute Gasteiger partial charge is 0.214 e. The van der Waals surface area contributed by atoms with E-state index in [2.05, 4.69) is 0 Å². The molecule has 1 fully saturated rings. The van der Waals surface area contributed by atoms with Gasteiger partial charge in [0.1, 0.15) is 0 Å². The monoisotopic (exact) mass is 225 g/mol. The topological polar surface area (TPSA) is 37.4 Å². The van der Waals surface area contributed by atoms with E-state index in [-0.39, 0.29) is 5.75 Å². The first kappa shape index (κ1) is 11.3. The minimum Gasteiger partial charge on any atom is -0.212 e. The second-order valence-corrected chi connectivity index (χ2v) is 5.78. The Morgan fingerprint density at radius 3 is 2.31 bits per heavy atom. The van der Waals surface area contributed by atoms with E-state index in [9.17, 15) is 8.42 Å². The highest BCUT2D eigenvalue weighted by Crippen LogP contribution is 2.14. The number of rotatable bonds is 5. The van der Waals surface area contributed by atoms with E-state index in [1.165, 1.54) is 0 Å². The minimum atomic E-state index is -2.96. The van der Waals surface area contributed by atoms with Crippen molar-refractivity contribution in [3.05, 3.63) is 0 Å². The molecule has 0 unspecified atom stereocenters. The second kappa shape index (κ2) is 5.17. The number of unbranched alkanes of at least 4 members (excludes halogenated alkanes) is 1. The first-order valence-corrected chi connectivity index (χ1v) is 6.85. The van der Waals surface area contributed by atoms with Crippen molar-refractivity contribution < 1.29 is 8.42 Å². The smallest absolute Gasteiger partial charge is 0.212 e. The summed E-state index contributed by atoms with van der Waals surface area (Å²) in [6.07, 6.45) is 3.49. The zero-order valence-electron chi connectivity index (χ0n) is 7.71. The number of hydrogen-bond acceptors (Lipinski definition) is 2. The fourth-order valence-electron chi connectivity index (χ4n) is 1.47.